The molecule has 21 heavy (non-hydrogen) atoms. The van der Waals surface area contributed by atoms with Crippen LogP contribution in [0.5, 0.6) is 0 Å². The number of hydrogen-bond acceptors (Lipinski definition) is 4. The van der Waals surface area contributed by atoms with Crippen LogP contribution in [0.25, 0.3) is 0 Å². The number of carbonyl (C=O) groups is 2. The van der Waals surface area contributed by atoms with E-state index >= 15 is 0 Å². The first kappa shape index (κ1) is 14.8. The summed E-state index contributed by atoms with van der Waals surface area (Å²) in [7, 11) is 0. The van der Waals surface area contributed by atoms with Crippen molar-refractivity contribution in [1.29, 1.82) is 0 Å². The predicted octanol–water partition coefficient (Wildman–Crippen LogP) is 1.35. The second-order valence-electron chi connectivity index (χ2n) is 5.41. The Morgan fingerprint density at radius 3 is 1.62 bits per heavy atom. The molecule has 2 amide bonds. The topological polar surface area (TPSA) is 116 Å². The van der Waals surface area contributed by atoms with Crippen molar-refractivity contribution in [3.63, 3.8) is 0 Å². The summed E-state index contributed by atoms with van der Waals surface area (Å²) in [6, 6.07) is 3.37. The van der Waals surface area contributed by atoms with Crippen LogP contribution in [0.2, 0.25) is 0 Å². The highest BCUT2D eigenvalue weighted by atomic mass is 16.2. The Morgan fingerprint density at radius 2 is 1.33 bits per heavy atom. The van der Waals surface area contributed by atoms with Gasteiger partial charge in [0.15, 0.2) is 11.6 Å². The van der Waals surface area contributed by atoms with E-state index in [1.54, 1.807) is 12.1 Å². The first-order valence-corrected chi connectivity index (χ1v) is 6.46. The normalized spacial score (nSPS) is 11.2. The molecule has 0 saturated carbocycles. The Morgan fingerprint density at radius 1 is 0.952 bits per heavy atom. The lowest BCUT2D eigenvalue weighted by molar-refractivity contribution is -0.135. The van der Waals surface area contributed by atoms with Gasteiger partial charge in [-0.1, -0.05) is 0 Å². The molecule has 2 heterocycles. The highest BCUT2D eigenvalue weighted by molar-refractivity contribution is 6.13. The molecule has 0 aromatic carbocycles. The number of hydrogen-bond donors (Lipinski definition) is 4. The number of aryl methyl sites for hydroxylation is 2. The Hall–Kier alpha value is -2.64. The summed E-state index contributed by atoms with van der Waals surface area (Å²) >= 11 is 0. The zero-order valence-corrected chi connectivity index (χ0v) is 12.4. The van der Waals surface area contributed by atoms with Gasteiger partial charge >= 0.3 is 0 Å². The largest absolute Gasteiger partial charge is 0.308 e. The van der Waals surface area contributed by atoms with Crippen molar-refractivity contribution in [2.75, 3.05) is 10.6 Å². The van der Waals surface area contributed by atoms with Crippen molar-refractivity contribution < 1.29 is 9.59 Å². The number of carbonyl (C=O) groups excluding carboxylic acids is 2. The van der Waals surface area contributed by atoms with Gasteiger partial charge in [0.1, 0.15) is 5.41 Å². The molecule has 0 aliphatic rings. The van der Waals surface area contributed by atoms with Crippen molar-refractivity contribution in [3.8, 4) is 0 Å². The lowest BCUT2D eigenvalue weighted by atomic mass is 9.91. The monoisotopic (exact) mass is 290 g/mol. The molecule has 0 saturated heterocycles. The molecule has 2 aromatic heterocycles. The standard InChI is InChI=1S/C13H18N6O2/c1-7-5-9(18-16-7)14-11(20)13(3,4)12(21)15-10-6-8(2)17-19-10/h5-6H,1-4H3,(H2,14,16,18,20)(H2,15,17,19,21). The third-order valence-corrected chi connectivity index (χ3v) is 3.03. The highest BCUT2D eigenvalue weighted by Gasteiger charge is 2.36. The van der Waals surface area contributed by atoms with Crippen molar-refractivity contribution >= 4 is 23.5 Å². The summed E-state index contributed by atoms with van der Waals surface area (Å²) in [5, 5.41) is 18.5. The number of anilines is 2. The molecule has 0 aliphatic heterocycles. The summed E-state index contributed by atoms with van der Waals surface area (Å²) in [6.07, 6.45) is 0. The number of nitrogens with one attached hydrogen (secondary N) is 4. The summed E-state index contributed by atoms with van der Waals surface area (Å²) in [4.78, 5) is 24.5. The third kappa shape index (κ3) is 3.28. The minimum absolute atomic E-state index is 0.383. The van der Waals surface area contributed by atoms with E-state index in [0.717, 1.165) is 11.4 Å². The zero-order valence-electron chi connectivity index (χ0n) is 12.4. The lowest BCUT2D eigenvalue weighted by Crippen LogP contribution is -2.41. The van der Waals surface area contributed by atoms with Crippen LogP contribution in [-0.2, 0) is 9.59 Å². The molecule has 0 fully saturated rings. The van der Waals surface area contributed by atoms with E-state index < -0.39 is 17.2 Å². The van der Waals surface area contributed by atoms with Crippen LogP contribution < -0.4 is 10.6 Å². The molecule has 0 bridgehead atoms. The average Bonchev–Trinajstić information content (AvgIpc) is 2.98. The maximum absolute atomic E-state index is 12.2. The molecule has 2 rings (SSSR count). The second-order valence-corrected chi connectivity index (χ2v) is 5.41. The van der Waals surface area contributed by atoms with Crippen LogP contribution in [0.15, 0.2) is 12.1 Å². The van der Waals surface area contributed by atoms with E-state index in [1.165, 1.54) is 13.8 Å². The summed E-state index contributed by atoms with van der Waals surface area (Å²) in [6.45, 7) is 6.72. The molecule has 0 aliphatic carbocycles. The Labute approximate surface area is 121 Å². The van der Waals surface area contributed by atoms with E-state index in [9.17, 15) is 9.59 Å². The molecular formula is C13H18N6O2. The van der Waals surface area contributed by atoms with Crippen molar-refractivity contribution in [1.82, 2.24) is 20.4 Å². The smallest absolute Gasteiger partial charge is 0.240 e. The van der Waals surface area contributed by atoms with Crippen LogP contribution in [0.3, 0.4) is 0 Å². The van der Waals surface area contributed by atoms with Gasteiger partial charge in [0.05, 0.1) is 0 Å². The van der Waals surface area contributed by atoms with Gasteiger partial charge in [-0.15, -0.1) is 0 Å². The summed E-state index contributed by atoms with van der Waals surface area (Å²) in [5.74, 6) is -0.125. The SMILES string of the molecule is Cc1cc(NC(=O)C(C)(C)C(=O)Nc2cc(C)[nH]n2)n[nH]1. The van der Waals surface area contributed by atoms with Crippen molar-refractivity contribution in [2.45, 2.75) is 27.7 Å². The van der Waals surface area contributed by atoms with Crippen LogP contribution in [-0.4, -0.2) is 32.2 Å². The molecule has 0 radical (unpaired) electrons. The van der Waals surface area contributed by atoms with Crippen LogP contribution in [0.4, 0.5) is 11.6 Å². The molecular weight excluding hydrogens is 272 g/mol. The number of amides is 2. The Balaban J connectivity index is 2.05. The van der Waals surface area contributed by atoms with Gasteiger partial charge in [-0.3, -0.25) is 19.8 Å². The number of H-pyrrole nitrogens is 2. The van der Waals surface area contributed by atoms with E-state index in [2.05, 4.69) is 31.0 Å². The van der Waals surface area contributed by atoms with E-state index in [4.69, 9.17) is 0 Å². The van der Waals surface area contributed by atoms with Gasteiger partial charge < -0.3 is 10.6 Å². The predicted molar refractivity (Wildman–Crippen MR) is 77.7 cm³/mol. The quantitative estimate of drug-likeness (QED) is 0.636. The summed E-state index contributed by atoms with van der Waals surface area (Å²) < 4.78 is 0. The van der Waals surface area contributed by atoms with Gasteiger partial charge in [-0.05, 0) is 27.7 Å². The van der Waals surface area contributed by atoms with Crippen LogP contribution in [0.1, 0.15) is 25.2 Å². The van der Waals surface area contributed by atoms with Gasteiger partial charge in [-0.2, -0.15) is 10.2 Å². The lowest BCUT2D eigenvalue weighted by Gasteiger charge is -2.21. The second kappa shape index (κ2) is 5.39. The van der Waals surface area contributed by atoms with E-state index in [1.807, 2.05) is 13.8 Å². The number of nitrogens with zero attached hydrogens (tertiary/aromatic N) is 2. The third-order valence-electron chi connectivity index (χ3n) is 3.03. The first-order valence-electron chi connectivity index (χ1n) is 6.46. The fraction of sp³-hybridized carbons (Fsp3) is 0.385. The minimum atomic E-state index is -1.26. The zero-order chi connectivity index (χ0) is 15.6. The Kier molecular flexibility index (Phi) is 3.79. The van der Waals surface area contributed by atoms with Crippen molar-refractivity contribution in [3.05, 3.63) is 23.5 Å². The number of rotatable bonds is 4. The number of aromatic amines is 2. The summed E-state index contributed by atoms with van der Waals surface area (Å²) in [5.41, 5.74) is 0.374. The van der Waals surface area contributed by atoms with E-state index in [0.29, 0.717) is 11.6 Å². The highest BCUT2D eigenvalue weighted by Crippen LogP contribution is 2.20. The molecule has 4 N–H and O–H groups in total. The van der Waals surface area contributed by atoms with Crippen LogP contribution in [0, 0.1) is 19.3 Å². The Bertz CT molecular complexity index is 614. The molecule has 112 valence electrons. The molecule has 8 nitrogen and oxygen atoms in total. The average molecular weight is 290 g/mol. The first-order chi connectivity index (χ1) is 9.79. The molecule has 8 heteroatoms. The minimum Gasteiger partial charge on any atom is -0.308 e. The van der Waals surface area contributed by atoms with Gasteiger partial charge in [0.2, 0.25) is 11.8 Å². The van der Waals surface area contributed by atoms with Gasteiger partial charge in [-0.25, -0.2) is 0 Å². The maximum atomic E-state index is 12.2. The molecule has 0 atom stereocenters. The van der Waals surface area contributed by atoms with Gasteiger partial charge in [0.25, 0.3) is 0 Å². The van der Waals surface area contributed by atoms with Crippen molar-refractivity contribution in [2.24, 2.45) is 5.41 Å². The van der Waals surface area contributed by atoms with Gasteiger partial charge in [0, 0.05) is 23.5 Å². The fourth-order valence-corrected chi connectivity index (χ4v) is 1.61. The molecule has 2 aromatic rings. The van der Waals surface area contributed by atoms with Crippen LogP contribution >= 0.6 is 0 Å². The van der Waals surface area contributed by atoms with E-state index in [-0.39, 0.29) is 0 Å². The maximum Gasteiger partial charge on any atom is 0.240 e. The molecule has 0 unspecified atom stereocenters. The number of aromatic nitrogens is 4. The molecule has 0 spiro atoms. The fourth-order valence-electron chi connectivity index (χ4n) is 1.61.